The van der Waals surface area contributed by atoms with E-state index in [9.17, 15) is 0 Å². The summed E-state index contributed by atoms with van der Waals surface area (Å²) in [4.78, 5) is 1.45. The number of nitrogens with one attached hydrogen (secondary N) is 1. The third kappa shape index (κ3) is 3.44. The Labute approximate surface area is 114 Å². The van der Waals surface area contributed by atoms with E-state index in [-0.39, 0.29) is 0 Å². The van der Waals surface area contributed by atoms with Crippen LogP contribution in [0.2, 0.25) is 0 Å². The molecule has 1 aromatic heterocycles. The summed E-state index contributed by atoms with van der Waals surface area (Å²) in [6, 6.07) is 13.1. The van der Waals surface area contributed by atoms with Crippen molar-refractivity contribution in [2.24, 2.45) is 0 Å². The van der Waals surface area contributed by atoms with Crippen molar-refractivity contribution in [2.45, 2.75) is 26.2 Å². The first kappa shape index (κ1) is 13.3. The Balaban J connectivity index is 2.13. The second-order valence-electron chi connectivity index (χ2n) is 4.62. The van der Waals surface area contributed by atoms with Gasteiger partial charge in [-0.3, -0.25) is 0 Å². The third-order valence-electron chi connectivity index (χ3n) is 3.34. The lowest BCUT2D eigenvalue weighted by atomic mass is 9.92. The van der Waals surface area contributed by atoms with Crippen molar-refractivity contribution in [3.63, 3.8) is 0 Å². The maximum absolute atomic E-state index is 3.48. The molecule has 1 nitrogen and oxygen atoms in total. The number of rotatable bonds is 6. The van der Waals surface area contributed by atoms with Gasteiger partial charge in [0.25, 0.3) is 0 Å². The van der Waals surface area contributed by atoms with Crippen LogP contribution >= 0.6 is 11.3 Å². The van der Waals surface area contributed by atoms with Gasteiger partial charge in [0, 0.05) is 17.3 Å². The molecular formula is C16H21NS. The fourth-order valence-electron chi connectivity index (χ4n) is 2.24. The molecule has 0 spiro atoms. The van der Waals surface area contributed by atoms with Gasteiger partial charge in [0.2, 0.25) is 0 Å². The Morgan fingerprint density at radius 3 is 2.56 bits per heavy atom. The van der Waals surface area contributed by atoms with Crippen LogP contribution in [0.1, 0.15) is 28.8 Å². The summed E-state index contributed by atoms with van der Waals surface area (Å²) in [5.41, 5.74) is 2.93. The molecule has 1 heterocycles. The molecule has 1 aromatic carbocycles. The maximum atomic E-state index is 3.48. The van der Waals surface area contributed by atoms with Gasteiger partial charge in [-0.1, -0.05) is 37.3 Å². The van der Waals surface area contributed by atoms with E-state index >= 15 is 0 Å². The van der Waals surface area contributed by atoms with E-state index in [0.717, 1.165) is 19.5 Å². The first-order chi connectivity index (χ1) is 8.81. The summed E-state index contributed by atoms with van der Waals surface area (Å²) >= 11 is 1.85. The molecule has 0 saturated carbocycles. The van der Waals surface area contributed by atoms with Crippen molar-refractivity contribution in [2.75, 3.05) is 13.1 Å². The zero-order chi connectivity index (χ0) is 12.8. The molecule has 0 aliphatic carbocycles. The number of likely N-dealkylation sites (N-methyl/N-ethyl adjacent to an activating group) is 1. The number of hydrogen-bond acceptors (Lipinski definition) is 2. The predicted molar refractivity (Wildman–Crippen MR) is 80.5 cm³/mol. The van der Waals surface area contributed by atoms with Crippen LogP contribution < -0.4 is 5.32 Å². The molecule has 1 atom stereocenters. The molecule has 0 bridgehead atoms. The largest absolute Gasteiger partial charge is 0.316 e. The van der Waals surface area contributed by atoms with Crippen molar-refractivity contribution < 1.29 is 0 Å². The number of benzene rings is 1. The quantitative estimate of drug-likeness (QED) is 0.827. The zero-order valence-corrected chi connectivity index (χ0v) is 12.0. The van der Waals surface area contributed by atoms with Crippen LogP contribution in [0.15, 0.2) is 41.8 Å². The molecule has 2 aromatic rings. The molecule has 96 valence electrons. The minimum atomic E-state index is 0.569. The molecule has 0 aliphatic rings. The summed E-state index contributed by atoms with van der Waals surface area (Å²) in [7, 11) is 0. The molecule has 2 rings (SSSR count). The van der Waals surface area contributed by atoms with Crippen LogP contribution in [0.4, 0.5) is 0 Å². The van der Waals surface area contributed by atoms with E-state index in [1.165, 1.54) is 16.0 Å². The van der Waals surface area contributed by atoms with Crippen molar-refractivity contribution in [3.8, 4) is 0 Å². The van der Waals surface area contributed by atoms with E-state index in [1.54, 1.807) is 0 Å². The van der Waals surface area contributed by atoms with Crippen LogP contribution in [0.3, 0.4) is 0 Å². The third-order valence-corrected chi connectivity index (χ3v) is 4.23. The van der Waals surface area contributed by atoms with Crippen molar-refractivity contribution in [3.05, 3.63) is 57.8 Å². The van der Waals surface area contributed by atoms with Crippen molar-refractivity contribution in [1.82, 2.24) is 5.32 Å². The topological polar surface area (TPSA) is 12.0 Å². The van der Waals surface area contributed by atoms with E-state index in [1.807, 2.05) is 11.3 Å². The van der Waals surface area contributed by atoms with Crippen LogP contribution in [0, 0.1) is 6.92 Å². The molecule has 2 heteroatoms. The smallest absolute Gasteiger partial charge is 0.00464 e. The maximum Gasteiger partial charge on any atom is 0.00464 e. The number of thiophene rings is 1. The summed E-state index contributed by atoms with van der Waals surface area (Å²) in [5, 5.41) is 5.68. The van der Waals surface area contributed by atoms with Gasteiger partial charge in [0.15, 0.2) is 0 Å². The molecule has 0 radical (unpaired) electrons. The number of hydrogen-bond donors (Lipinski definition) is 1. The molecular weight excluding hydrogens is 238 g/mol. The molecule has 1 N–H and O–H groups in total. The Morgan fingerprint density at radius 2 is 1.94 bits per heavy atom. The Hall–Kier alpha value is -1.12. The highest BCUT2D eigenvalue weighted by Crippen LogP contribution is 2.24. The van der Waals surface area contributed by atoms with Crippen LogP contribution in [0.25, 0.3) is 0 Å². The SMILES string of the molecule is CCNCC(Cc1ccsc1C)c1ccccc1. The molecule has 0 amide bonds. The highest BCUT2D eigenvalue weighted by Gasteiger charge is 2.13. The van der Waals surface area contributed by atoms with Gasteiger partial charge in [-0.15, -0.1) is 11.3 Å². The Kier molecular flexibility index (Phi) is 4.97. The zero-order valence-electron chi connectivity index (χ0n) is 11.1. The highest BCUT2D eigenvalue weighted by atomic mass is 32.1. The summed E-state index contributed by atoms with van der Waals surface area (Å²) < 4.78 is 0. The molecule has 0 fully saturated rings. The predicted octanol–water partition coefficient (Wildman–Crippen LogP) is 3.99. The first-order valence-corrected chi connectivity index (χ1v) is 7.48. The normalized spacial score (nSPS) is 12.6. The van der Waals surface area contributed by atoms with Crippen LogP contribution in [-0.4, -0.2) is 13.1 Å². The van der Waals surface area contributed by atoms with Gasteiger partial charge in [-0.25, -0.2) is 0 Å². The van der Waals surface area contributed by atoms with E-state index in [4.69, 9.17) is 0 Å². The van der Waals surface area contributed by atoms with Crippen LogP contribution in [0.5, 0.6) is 0 Å². The molecule has 0 saturated heterocycles. The van der Waals surface area contributed by atoms with E-state index in [2.05, 4.69) is 60.9 Å². The average molecular weight is 259 g/mol. The average Bonchev–Trinajstić information content (AvgIpc) is 2.81. The summed E-state index contributed by atoms with van der Waals surface area (Å²) in [6.07, 6.45) is 1.13. The molecule has 1 unspecified atom stereocenters. The van der Waals surface area contributed by atoms with E-state index in [0.29, 0.717) is 5.92 Å². The van der Waals surface area contributed by atoms with Crippen LogP contribution in [-0.2, 0) is 6.42 Å². The molecule has 0 aliphatic heterocycles. The van der Waals surface area contributed by atoms with Gasteiger partial charge in [-0.2, -0.15) is 0 Å². The van der Waals surface area contributed by atoms with E-state index < -0.39 is 0 Å². The number of aryl methyl sites for hydroxylation is 1. The Morgan fingerprint density at radius 1 is 1.17 bits per heavy atom. The second-order valence-corrected chi connectivity index (χ2v) is 5.74. The summed E-state index contributed by atoms with van der Waals surface area (Å²) in [6.45, 7) is 6.47. The lowest BCUT2D eigenvalue weighted by Crippen LogP contribution is -2.22. The minimum absolute atomic E-state index is 0.569. The standard InChI is InChI=1S/C16H21NS/c1-3-17-12-16(14-7-5-4-6-8-14)11-15-9-10-18-13(15)2/h4-10,16-17H,3,11-12H2,1-2H3. The summed E-state index contributed by atoms with van der Waals surface area (Å²) in [5.74, 6) is 0.569. The van der Waals surface area contributed by atoms with Gasteiger partial charge < -0.3 is 5.32 Å². The fraction of sp³-hybridized carbons (Fsp3) is 0.375. The molecule has 18 heavy (non-hydrogen) atoms. The van der Waals surface area contributed by atoms with Gasteiger partial charge in [-0.05, 0) is 42.5 Å². The Bertz CT molecular complexity index is 461. The van der Waals surface area contributed by atoms with Gasteiger partial charge >= 0.3 is 0 Å². The van der Waals surface area contributed by atoms with Crippen molar-refractivity contribution in [1.29, 1.82) is 0 Å². The monoisotopic (exact) mass is 259 g/mol. The first-order valence-electron chi connectivity index (χ1n) is 6.60. The second kappa shape index (κ2) is 6.72. The van der Waals surface area contributed by atoms with Crippen molar-refractivity contribution >= 4 is 11.3 Å². The minimum Gasteiger partial charge on any atom is -0.316 e. The highest BCUT2D eigenvalue weighted by molar-refractivity contribution is 7.10. The van der Waals surface area contributed by atoms with Gasteiger partial charge in [0.1, 0.15) is 0 Å². The fourth-order valence-corrected chi connectivity index (χ4v) is 2.98. The lowest BCUT2D eigenvalue weighted by molar-refractivity contribution is 0.595. The van der Waals surface area contributed by atoms with Gasteiger partial charge in [0.05, 0.1) is 0 Å². The lowest BCUT2D eigenvalue weighted by Gasteiger charge is -2.18.